The van der Waals surface area contributed by atoms with E-state index in [1.165, 1.54) is 6.92 Å². The predicted octanol–water partition coefficient (Wildman–Crippen LogP) is -3.58. The van der Waals surface area contributed by atoms with Crippen molar-refractivity contribution in [3.8, 4) is 0 Å². The summed E-state index contributed by atoms with van der Waals surface area (Å²) in [5, 5.41) is 56.4. The van der Waals surface area contributed by atoms with E-state index in [1.807, 2.05) is 0 Å². The van der Waals surface area contributed by atoms with Crippen molar-refractivity contribution in [1.82, 2.24) is 0 Å². The Hall–Kier alpha value is -0.810. The Bertz CT molecular complexity index is 320. The van der Waals surface area contributed by atoms with Gasteiger partial charge in [-0.2, -0.15) is 0 Å². The van der Waals surface area contributed by atoms with E-state index in [0.29, 0.717) is 0 Å². The number of rotatable bonds is 4. The van der Waals surface area contributed by atoms with E-state index in [4.69, 9.17) is 5.11 Å². The fourth-order valence-corrected chi connectivity index (χ4v) is 1.59. The summed E-state index contributed by atoms with van der Waals surface area (Å²) in [6.07, 6.45) is -8.73. The van der Waals surface area contributed by atoms with Gasteiger partial charge in [0, 0.05) is 0 Å². The first-order chi connectivity index (χ1) is 8.76. The molecule has 0 amide bonds. The molecule has 1 aliphatic rings. The molecule has 1 saturated heterocycles. The molecular formula is C10H18O9. The number of hydrogen-bond acceptors (Lipinski definition) is 9. The van der Waals surface area contributed by atoms with Crippen LogP contribution >= 0.6 is 0 Å². The smallest absolute Gasteiger partial charge is 0.357 e. The van der Waals surface area contributed by atoms with Crippen molar-refractivity contribution in [3.63, 3.8) is 0 Å². The molecule has 1 heterocycles. The SMILES string of the molecule is CCC(O)C(=O)OC1(O)O[C@H](CO)[C@@H](O)[C@H](O)[C@H]1O. The van der Waals surface area contributed by atoms with Gasteiger partial charge in [0.15, 0.2) is 12.2 Å². The zero-order valence-electron chi connectivity index (χ0n) is 10.2. The Morgan fingerprint density at radius 3 is 2.42 bits per heavy atom. The largest absolute Gasteiger partial charge is 0.404 e. The van der Waals surface area contributed by atoms with E-state index in [9.17, 15) is 30.3 Å². The third kappa shape index (κ3) is 3.20. The number of carbonyl (C=O) groups is 1. The maximum Gasteiger partial charge on any atom is 0.357 e. The van der Waals surface area contributed by atoms with Crippen molar-refractivity contribution in [2.24, 2.45) is 0 Å². The molecular weight excluding hydrogens is 264 g/mol. The number of carbonyl (C=O) groups excluding carboxylic acids is 1. The molecule has 0 saturated carbocycles. The Morgan fingerprint density at radius 1 is 1.37 bits per heavy atom. The van der Waals surface area contributed by atoms with Crippen LogP contribution in [-0.4, -0.2) is 79.7 Å². The van der Waals surface area contributed by atoms with Gasteiger partial charge in [0.05, 0.1) is 6.61 Å². The van der Waals surface area contributed by atoms with Crippen molar-refractivity contribution in [3.05, 3.63) is 0 Å². The summed E-state index contributed by atoms with van der Waals surface area (Å²) < 4.78 is 9.08. The maximum absolute atomic E-state index is 11.3. The van der Waals surface area contributed by atoms with Gasteiger partial charge in [0.2, 0.25) is 0 Å². The van der Waals surface area contributed by atoms with Crippen LogP contribution in [0.25, 0.3) is 0 Å². The maximum atomic E-state index is 11.3. The lowest BCUT2D eigenvalue weighted by molar-refractivity contribution is -0.435. The number of esters is 1. The van der Waals surface area contributed by atoms with Crippen LogP contribution in [-0.2, 0) is 14.3 Å². The molecule has 1 fully saturated rings. The number of aliphatic hydroxyl groups is 6. The summed E-state index contributed by atoms with van der Waals surface area (Å²) in [6.45, 7) is 0.685. The lowest BCUT2D eigenvalue weighted by atomic mass is 9.98. The molecule has 0 aromatic heterocycles. The molecule has 2 unspecified atom stereocenters. The molecule has 9 nitrogen and oxygen atoms in total. The fourth-order valence-electron chi connectivity index (χ4n) is 1.59. The van der Waals surface area contributed by atoms with Crippen LogP contribution < -0.4 is 0 Å². The van der Waals surface area contributed by atoms with Gasteiger partial charge in [-0.1, -0.05) is 6.92 Å². The van der Waals surface area contributed by atoms with Crippen LogP contribution in [0.15, 0.2) is 0 Å². The molecule has 1 rings (SSSR count). The highest BCUT2D eigenvalue weighted by Gasteiger charge is 2.56. The average molecular weight is 282 g/mol. The first kappa shape index (κ1) is 16.2. The summed E-state index contributed by atoms with van der Waals surface area (Å²) in [5.74, 6) is -4.23. The van der Waals surface area contributed by atoms with Gasteiger partial charge < -0.3 is 40.1 Å². The minimum atomic E-state index is -2.96. The summed E-state index contributed by atoms with van der Waals surface area (Å²) in [7, 11) is 0. The Morgan fingerprint density at radius 2 is 1.95 bits per heavy atom. The Balaban J connectivity index is 2.86. The van der Waals surface area contributed by atoms with Crippen LogP contribution in [0.4, 0.5) is 0 Å². The second-order valence-electron chi connectivity index (χ2n) is 4.24. The Kier molecular flexibility index (Phi) is 5.21. The van der Waals surface area contributed by atoms with Gasteiger partial charge in [-0.15, -0.1) is 0 Å². The van der Waals surface area contributed by atoms with Gasteiger partial charge in [0.1, 0.15) is 18.3 Å². The standard InChI is InChI=1S/C10H18O9/c1-2-4(12)9(16)19-10(17)8(15)7(14)6(13)5(3-11)18-10/h4-8,11-15,17H,2-3H2,1H3/t4?,5-,6-,7+,8-,10?/m1/s1. The molecule has 1 aliphatic heterocycles. The van der Waals surface area contributed by atoms with Crippen LogP contribution in [0.5, 0.6) is 0 Å². The second-order valence-corrected chi connectivity index (χ2v) is 4.24. The van der Waals surface area contributed by atoms with Gasteiger partial charge in [0.25, 0.3) is 0 Å². The summed E-state index contributed by atoms with van der Waals surface area (Å²) in [6, 6.07) is 0. The molecule has 0 radical (unpaired) electrons. The molecule has 0 aliphatic carbocycles. The molecule has 19 heavy (non-hydrogen) atoms. The summed E-state index contributed by atoms with van der Waals surface area (Å²) >= 11 is 0. The first-order valence-electron chi connectivity index (χ1n) is 5.73. The highest BCUT2D eigenvalue weighted by molar-refractivity contribution is 5.74. The van der Waals surface area contributed by atoms with Crippen molar-refractivity contribution < 1.29 is 44.9 Å². The van der Waals surface area contributed by atoms with E-state index < -0.39 is 49.1 Å². The molecule has 112 valence electrons. The molecule has 0 aromatic carbocycles. The average Bonchev–Trinajstić information content (AvgIpc) is 2.39. The second kappa shape index (κ2) is 6.09. The minimum absolute atomic E-state index is 0.000381. The zero-order chi connectivity index (χ0) is 14.8. The lowest BCUT2D eigenvalue weighted by Gasteiger charge is -2.43. The Labute approximate surface area is 108 Å². The van der Waals surface area contributed by atoms with Crippen molar-refractivity contribution in [2.75, 3.05) is 6.61 Å². The van der Waals surface area contributed by atoms with Crippen LogP contribution in [0.2, 0.25) is 0 Å². The van der Waals surface area contributed by atoms with E-state index in [0.717, 1.165) is 0 Å². The quantitative estimate of drug-likeness (QED) is 0.226. The molecule has 0 spiro atoms. The van der Waals surface area contributed by atoms with Gasteiger partial charge in [-0.05, 0) is 6.42 Å². The van der Waals surface area contributed by atoms with Crippen molar-refractivity contribution in [1.29, 1.82) is 0 Å². The highest BCUT2D eigenvalue weighted by atomic mass is 16.8. The van der Waals surface area contributed by atoms with E-state index in [2.05, 4.69) is 9.47 Å². The van der Waals surface area contributed by atoms with E-state index in [-0.39, 0.29) is 6.42 Å². The van der Waals surface area contributed by atoms with Crippen LogP contribution in [0.3, 0.4) is 0 Å². The van der Waals surface area contributed by atoms with Crippen LogP contribution in [0.1, 0.15) is 13.3 Å². The zero-order valence-corrected chi connectivity index (χ0v) is 10.2. The molecule has 6 N–H and O–H groups in total. The molecule has 6 atom stereocenters. The topological polar surface area (TPSA) is 157 Å². The normalized spacial score (nSPS) is 40.8. The monoisotopic (exact) mass is 282 g/mol. The van der Waals surface area contributed by atoms with Crippen LogP contribution in [0, 0.1) is 0 Å². The number of ether oxygens (including phenoxy) is 2. The van der Waals surface area contributed by atoms with Crippen molar-refractivity contribution >= 4 is 5.97 Å². The van der Waals surface area contributed by atoms with E-state index >= 15 is 0 Å². The number of aliphatic hydroxyl groups excluding tert-OH is 5. The van der Waals surface area contributed by atoms with E-state index in [1.54, 1.807) is 0 Å². The fraction of sp³-hybridized carbons (Fsp3) is 0.900. The number of hydrogen-bond donors (Lipinski definition) is 6. The summed E-state index contributed by atoms with van der Waals surface area (Å²) in [5.41, 5.74) is 0. The third-order valence-electron chi connectivity index (χ3n) is 2.83. The van der Waals surface area contributed by atoms with Crippen molar-refractivity contribution in [2.45, 2.75) is 49.8 Å². The molecule has 0 aromatic rings. The lowest BCUT2D eigenvalue weighted by Crippen LogP contribution is -2.66. The minimum Gasteiger partial charge on any atom is -0.404 e. The molecule has 0 bridgehead atoms. The van der Waals surface area contributed by atoms with Gasteiger partial charge in [-0.3, -0.25) is 0 Å². The molecule has 9 heteroatoms. The first-order valence-corrected chi connectivity index (χ1v) is 5.73. The predicted molar refractivity (Wildman–Crippen MR) is 57.3 cm³/mol. The third-order valence-corrected chi connectivity index (χ3v) is 2.83. The summed E-state index contributed by atoms with van der Waals surface area (Å²) in [4.78, 5) is 11.3. The van der Waals surface area contributed by atoms with Gasteiger partial charge in [-0.25, -0.2) is 4.79 Å². The van der Waals surface area contributed by atoms with Gasteiger partial charge >= 0.3 is 11.9 Å². The highest BCUT2D eigenvalue weighted by Crippen LogP contribution is 2.29.